The minimum absolute atomic E-state index is 0.0199. The van der Waals surface area contributed by atoms with Crippen molar-refractivity contribution in [2.24, 2.45) is 17.1 Å². The highest BCUT2D eigenvalue weighted by Crippen LogP contribution is 2.58. The second kappa shape index (κ2) is 4.69. The quantitative estimate of drug-likeness (QED) is 0.711. The highest BCUT2D eigenvalue weighted by molar-refractivity contribution is 9.10. The van der Waals surface area contributed by atoms with Gasteiger partial charge in [-0.25, -0.2) is 0 Å². The van der Waals surface area contributed by atoms with Crippen molar-refractivity contribution >= 4 is 27.5 Å². The van der Waals surface area contributed by atoms with Crippen LogP contribution in [0, 0.1) is 11.3 Å². The summed E-state index contributed by atoms with van der Waals surface area (Å²) in [6, 6.07) is 4.89. The standard InChI is InChI=1S/C15H19BrN2O3/c1-14(2)12-9(5-6-21-12)15(14,17)13(20)18-10-7-8(16)3-4-11(10)19/h3-4,7,9,12,19H,5-6,17H2,1-2H3,(H,18,20). The summed E-state index contributed by atoms with van der Waals surface area (Å²) in [6.45, 7) is 4.56. The number of ether oxygens (including phenoxy) is 1. The molecule has 0 radical (unpaired) electrons. The first-order chi connectivity index (χ1) is 9.78. The summed E-state index contributed by atoms with van der Waals surface area (Å²) < 4.78 is 6.46. The Kier molecular flexibility index (Phi) is 3.31. The number of hydrogen-bond donors (Lipinski definition) is 3. The molecule has 1 amide bonds. The van der Waals surface area contributed by atoms with Crippen LogP contribution in [0.2, 0.25) is 0 Å². The van der Waals surface area contributed by atoms with E-state index in [1.165, 1.54) is 6.07 Å². The summed E-state index contributed by atoms with van der Waals surface area (Å²) in [5.74, 6) is -0.221. The number of halogens is 1. The summed E-state index contributed by atoms with van der Waals surface area (Å²) in [5, 5.41) is 12.6. The second-order valence-corrected chi connectivity index (χ2v) is 7.31. The lowest BCUT2D eigenvalue weighted by molar-refractivity contribution is -0.170. The lowest BCUT2D eigenvalue weighted by atomic mass is 9.48. The van der Waals surface area contributed by atoms with Crippen molar-refractivity contribution in [1.82, 2.24) is 0 Å². The molecule has 3 atom stereocenters. The molecule has 3 rings (SSSR count). The van der Waals surface area contributed by atoms with Crippen LogP contribution in [0.1, 0.15) is 20.3 Å². The molecule has 1 aliphatic carbocycles. The molecule has 6 heteroatoms. The number of fused-ring (bicyclic) bond motifs is 1. The fourth-order valence-corrected chi connectivity index (χ4v) is 4.04. The fraction of sp³-hybridized carbons (Fsp3) is 0.533. The van der Waals surface area contributed by atoms with E-state index >= 15 is 0 Å². The van der Waals surface area contributed by atoms with Crippen LogP contribution < -0.4 is 11.1 Å². The minimum atomic E-state index is -0.983. The molecule has 3 unspecified atom stereocenters. The van der Waals surface area contributed by atoms with Crippen LogP contribution in [0.5, 0.6) is 5.75 Å². The third kappa shape index (κ3) is 1.93. The van der Waals surface area contributed by atoms with Crippen LogP contribution in [-0.4, -0.2) is 29.3 Å². The number of phenolic OH excluding ortho intramolecular Hbond substituents is 1. The van der Waals surface area contributed by atoms with E-state index in [0.29, 0.717) is 12.3 Å². The third-order valence-electron chi connectivity index (χ3n) is 5.04. The molecule has 114 valence electrons. The van der Waals surface area contributed by atoms with Crippen molar-refractivity contribution in [2.45, 2.75) is 31.9 Å². The van der Waals surface area contributed by atoms with E-state index in [2.05, 4.69) is 21.2 Å². The molecule has 1 aromatic rings. The number of aromatic hydroxyl groups is 1. The van der Waals surface area contributed by atoms with Gasteiger partial charge in [-0.05, 0) is 24.6 Å². The van der Waals surface area contributed by atoms with E-state index < -0.39 is 11.0 Å². The Morgan fingerprint density at radius 2 is 2.24 bits per heavy atom. The lowest BCUT2D eigenvalue weighted by Crippen LogP contribution is -2.79. The number of nitrogens with two attached hydrogens (primary N) is 1. The topological polar surface area (TPSA) is 84.6 Å². The van der Waals surface area contributed by atoms with Crippen LogP contribution in [0.25, 0.3) is 0 Å². The van der Waals surface area contributed by atoms with Gasteiger partial charge in [0.1, 0.15) is 11.3 Å². The Bertz CT molecular complexity index is 605. The molecule has 1 heterocycles. The van der Waals surface area contributed by atoms with Gasteiger partial charge in [0.05, 0.1) is 11.8 Å². The summed E-state index contributed by atoms with van der Waals surface area (Å²) in [5.41, 5.74) is 5.40. The maximum Gasteiger partial charge on any atom is 0.245 e. The SMILES string of the molecule is CC1(C)C2OCCC2C1(N)C(=O)Nc1cc(Br)ccc1O. The molecule has 0 aromatic heterocycles. The van der Waals surface area contributed by atoms with Gasteiger partial charge in [-0.2, -0.15) is 0 Å². The highest BCUT2D eigenvalue weighted by atomic mass is 79.9. The molecule has 21 heavy (non-hydrogen) atoms. The van der Waals surface area contributed by atoms with Crippen LogP contribution >= 0.6 is 15.9 Å². The zero-order valence-corrected chi connectivity index (χ0v) is 13.6. The first-order valence-electron chi connectivity index (χ1n) is 6.99. The average Bonchev–Trinajstić information content (AvgIpc) is 2.90. The predicted molar refractivity (Wildman–Crippen MR) is 83.0 cm³/mol. The number of benzene rings is 1. The van der Waals surface area contributed by atoms with E-state index in [0.717, 1.165) is 10.9 Å². The third-order valence-corrected chi connectivity index (χ3v) is 5.53. The number of carbonyl (C=O) groups excluding carboxylic acids is 1. The largest absolute Gasteiger partial charge is 0.506 e. The second-order valence-electron chi connectivity index (χ2n) is 6.39. The maximum absolute atomic E-state index is 12.7. The number of phenols is 1. The first-order valence-corrected chi connectivity index (χ1v) is 7.78. The van der Waals surface area contributed by atoms with Crippen molar-refractivity contribution in [3.63, 3.8) is 0 Å². The minimum Gasteiger partial charge on any atom is -0.506 e. The molecule has 1 saturated carbocycles. The van der Waals surface area contributed by atoms with Gasteiger partial charge in [0.25, 0.3) is 0 Å². The van der Waals surface area contributed by atoms with Gasteiger partial charge in [-0.1, -0.05) is 29.8 Å². The van der Waals surface area contributed by atoms with Gasteiger partial charge < -0.3 is 20.9 Å². The Balaban J connectivity index is 1.87. The normalized spacial score (nSPS) is 33.1. The summed E-state index contributed by atoms with van der Waals surface area (Å²) in [6.07, 6.45) is 0.826. The van der Waals surface area contributed by atoms with Crippen LogP contribution in [0.15, 0.2) is 22.7 Å². The molecule has 1 aliphatic heterocycles. The van der Waals surface area contributed by atoms with Crippen molar-refractivity contribution in [3.05, 3.63) is 22.7 Å². The van der Waals surface area contributed by atoms with Crippen molar-refractivity contribution in [2.75, 3.05) is 11.9 Å². The number of rotatable bonds is 2. The van der Waals surface area contributed by atoms with Gasteiger partial charge in [-0.15, -0.1) is 0 Å². The van der Waals surface area contributed by atoms with Crippen LogP contribution in [0.4, 0.5) is 5.69 Å². The Morgan fingerprint density at radius 1 is 1.52 bits per heavy atom. The van der Waals surface area contributed by atoms with Gasteiger partial charge in [0, 0.05) is 22.4 Å². The number of anilines is 1. The molecule has 2 fully saturated rings. The number of carbonyl (C=O) groups is 1. The molecular formula is C15H19BrN2O3. The molecule has 4 N–H and O–H groups in total. The Labute approximate surface area is 132 Å². The summed E-state index contributed by atoms with van der Waals surface area (Å²) >= 11 is 3.32. The predicted octanol–water partition coefficient (Wildman–Crippen LogP) is 2.24. The molecule has 2 aliphatic rings. The van der Waals surface area contributed by atoms with Crippen molar-refractivity contribution < 1.29 is 14.6 Å². The summed E-state index contributed by atoms with van der Waals surface area (Å²) in [4.78, 5) is 12.7. The first kappa shape index (κ1) is 14.8. The van der Waals surface area contributed by atoms with E-state index in [-0.39, 0.29) is 23.7 Å². The lowest BCUT2D eigenvalue weighted by Gasteiger charge is -2.60. The van der Waals surface area contributed by atoms with Crippen molar-refractivity contribution in [1.29, 1.82) is 0 Å². The fourth-order valence-electron chi connectivity index (χ4n) is 3.68. The monoisotopic (exact) mass is 354 g/mol. The van der Waals surface area contributed by atoms with E-state index in [4.69, 9.17) is 10.5 Å². The molecule has 1 aromatic carbocycles. The molecule has 5 nitrogen and oxygen atoms in total. The van der Waals surface area contributed by atoms with Gasteiger partial charge >= 0.3 is 0 Å². The summed E-state index contributed by atoms with van der Waals surface area (Å²) in [7, 11) is 0. The molecule has 1 saturated heterocycles. The number of amides is 1. The molecule has 0 bridgehead atoms. The van der Waals surface area contributed by atoms with Gasteiger partial charge in [0.15, 0.2) is 0 Å². The zero-order valence-electron chi connectivity index (χ0n) is 12.0. The van der Waals surface area contributed by atoms with Gasteiger partial charge in [0.2, 0.25) is 5.91 Å². The molecular weight excluding hydrogens is 336 g/mol. The van der Waals surface area contributed by atoms with Crippen molar-refractivity contribution in [3.8, 4) is 5.75 Å². The zero-order chi connectivity index (χ0) is 15.4. The number of nitrogens with one attached hydrogen (secondary N) is 1. The smallest absolute Gasteiger partial charge is 0.245 e. The van der Waals surface area contributed by atoms with Crippen LogP contribution in [-0.2, 0) is 9.53 Å². The highest BCUT2D eigenvalue weighted by Gasteiger charge is 2.71. The Morgan fingerprint density at radius 3 is 2.95 bits per heavy atom. The van der Waals surface area contributed by atoms with E-state index in [1.807, 2.05) is 13.8 Å². The van der Waals surface area contributed by atoms with Gasteiger partial charge in [-0.3, -0.25) is 4.79 Å². The Hall–Kier alpha value is -1.11. The molecule has 0 spiro atoms. The maximum atomic E-state index is 12.7. The average molecular weight is 355 g/mol. The van der Waals surface area contributed by atoms with E-state index in [9.17, 15) is 9.90 Å². The number of hydrogen-bond acceptors (Lipinski definition) is 4. The van der Waals surface area contributed by atoms with Crippen LogP contribution in [0.3, 0.4) is 0 Å². The van der Waals surface area contributed by atoms with E-state index in [1.54, 1.807) is 12.1 Å².